The number of benzene rings is 2. The number of nitrogens with zero attached hydrogens (tertiary/aromatic N) is 2. The summed E-state index contributed by atoms with van der Waals surface area (Å²) in [6.07, 6.45) is 0.878. The van der Waals surface area contributed by atoms with Gasteiger partial charge in [-0.2, -0.15) is 0 Å². The number of para-hydroxylation sites is 1. The van der Waals surface area contributed by atoms with Crippen molar-refractivity contribution >= 4 is 23.1 Å². The number of aryl methyl sites for hydroxylation is 2. The predicted molar refractivity (Wildman–Crippen MR) is 107 cm³/mol. The molecular formula is C23H24N2O2. The van der Waals surface area contributed by atoms with Gasteiger partial charge in [0.15, 0.2) is 0 Å². The minimum atomic E-state index is -0.193. The summed E-state index contributed by atoms with van der Waals surface area (Å²) in [4.78, 5) is 30.0. The zero-order valence-electron chi connectivity index (χ0n) is 16.2. The first kappa shape index (κ1) is 17.5. The van der Waals surface area contributed by atoms with Crippen molar-refractivity contribution in [2.75, 3.05) is 11.4 Å². The molecule has 0 spiro atoms. The van der Waals surface area contributed by atoms with Gasteiger partial charge in [-0.15, -0.1) is 0 Å². The van der Waals surface area contributed by atoms with Crippen molar-refractivity contribution in [1.29, 1.82) is 0 Å². The van der Waals surface area contributed by atoms with Gasteiger partial charge in [0.05, 0.1) is 5.57 Å². The van der Waals surface area contributed by atoms with Crippen molar-refractivity contribution in [3.63, 3.8) is 0 Å². The van der Waals surface area contributed by atoms with E-state index < -0.39 is 0 Å². The highest BCUT2D eigenvalue weighted by Gasteiger charge is 2.44. The van der Waals surface area contributed by atoms with Crippen LogP contribution in [0.5, 0.6) is 0 Å². The maximum absolute atomic E-state index is 13.3. The van der Waals surface area contributed by atoms with Gasteiger partial charge in [0.1, 0.15) is 5.70 Å². The molecule has 2 aromatic rings. The number of amides is 2. The highest BCUT2D eigenvalue weighted by Crippen LogP contribution is 2.39. The molecule has 2 aliphatic heterocycles. The Morgan fingerprint density at radius 1 is 0.963 bits per heavy atom. The summed E-state index contributed by atoms with van der Waals surface area (Å²) in [6, 6.07) is 14.0. The summed E-state index contributed by atoms with van der Waals surface area (Å²) in [5.74, 6) is -0.386. The van der Waals surface area contributed by atoms with E-state index in [2.05, 4.69) is 12.1 Å². The molecule has 4 heteroatoms. The van der Waals surface area contributed by atoms with Crippen molar-refractivity contribution in [1.82, 2.24) is 4.90 Å². The topological polar surface area (TPSA) is 40.6 Å². The molecule has 0 aromatic heterocycles. The van der Waals surface area contributed by atoms with Crippen molar-refractivity contribution in [2.45, 2.75) is 40.2 Å². The number of fused-ring (bicyclic) bond motifs is 1. The Morgan fingerprint density at radius 2 is 1.70 bits per heavy atom. The van der Waals surface area contributed by atoms with Crippen LogP contribution in [-0.4, -0.2) is 29.3 Å². The van der Waals surface area contributed by atoms with Crippen molar-refractivity contribution in [3.8, 4) is 0 Å². The monoisotopic (exact) mass is 360 g/mol. The normalized spacial score (nSPS) is 16.8. The van der Waals surface area contributed by atoms with Gasteiger partial charge in [0.25, 0.3) is 11.8 Å². The largest absolute Gasteiger partial charge is 0.336 e. The number of carbonyl (C=O) groups excluding carboxylic acids is 2. The molecule has 0 saturated heterocycles. The van der Waals surface area contributed by atoms with E-state index in [9.17, 15) is 9.59 Å². The van der Waals surface area contributed by atoms with Crippen LogP contribution in [0.4, 0.5) is 5.69 Å². The number of hydrogen-bond acceptors (Lipinski definition) is 3. The lowest BCUT2D eigenvalue weighted by atomic mass is 9.97. The summed E-state index contributed by atoms with van der Waals surface area (Å²) in [7, 11) is 0. The van der Waals surface area contributed by atoms with Crippen LogP contribution in [0.15, 0.2) is 48.2 Å². The summed E-state index contributed by atoms with van der Waals surface area (Å²) in [5.41, 5.74) is 6.30. The molecule has 2 aliphatic rings. The summed E-state index contributed by atoms with van der Waals surface area (Å²) >= 11 is 0. The van der Waals surface area contributed by atoms with Crippen LogP contribution in [0.3, 0.4) is 0 Å². The van der Waals surface area contributed by atoms with Crippen LogP contribution in [-0.2, 0) is 16.0 Å². The van der Waals surface area contributed by atoms with Crippen LogP contribution in [0, 0.1) is 13.8 Å². The highest BCUT2D eigenvalue weighted by molar-refractivity contribution is 6.37. The Morgan fingerprint density at radius 3 is 2.41 bits per heavy atom. The Kier molecular flexibility index (Phi) is 4.14. The molecule has 0 bridgehead atoms. The lowest BCUT2D eigenvalue weighted by Crippen LogP contribution is -2.39. The fourth-order valence-corrected chi connectivity index (χ4v) is 4.16. The van der Waals surface area contributed by atoms with Crippen LogP contribution >= 0.6 is 0 Å². The minimum Gasteiger partial charge on any atom is -0.336 e. The van der Waals surface area contributed by atoms with Gasteiger partial charge in [-0.25, -0.2) is 0 Å². The first-order chi connectivity index (χ1) is 12.9. The second-order valence-electron chi connectivity index (χ2n) is 7.65. The zero-order chi connectivity index (χ0) is 19.3. The number of imide groups is 1. The third kappa shape index (κ3) is 2.67. The molecule has 2 heterocycles. The van der Waals surface area contributed by atoms with Crippen molar-refractivity contribution in [2.24, 2.45) is 0 Å². The Labute approximate surface area is 160 Å². The second-order valence-corrected chi connectivity index (χ2v) is 7.65. The lowest BCUT2D eigenvalue weighted by molar-refractivity contribution is -0.138. The molecule has 138 valence electrons. The summed E-state index contributed by atoms with van der Waals surface area (Å²) < 4.78 is 0. The number of hydrogen-bond donors (Lipinski definition) is 0. The van der Waals surface area contributed by atoms with Gasteiger partial charge in [-0.3, -0.25) is 14.5 Å². The van der Waals surface area contributed by atoms with E-state index in [1.165, 1.54) is 10.5 Å². The van der Waals surface area contributed by atoms with Crippen molar-refractivity contribution in [3.05, 3.63) is 70.4 Å². The SMILES string of the molecule is Cc1ccc(C2=C(N3CCc4ccccc43)C(=O)N(C(C)C)C2=O)c(C)c1. The molecule has 2 amide bonds. The van der Waals surface area contributed by atoms with Crippen LogP contribution < -0.4 is 4.90 Å². The molecule has 0 radical (unpaired) electrons. The van der Waals surface area contributed by atoms with E-state index in [-0.39, 0.29) is 17.9 Å². The van der Waals surface area contributed by atoms with Gasteiger partial charge < -0.3 is 4.90 Å². The standard InChI is InChI=1S/C23H24N2O2/c1-14(2)25-22(26)20(18-10-9-15(3)13-16(18)4)21(23(25)27)24-12-11-17-7-5-6-8-19(17)24/h5-10,13-14H,11-12H2,1-4H3. The van der Waals surface area contributed by atoms with Crippen LogP contribution in [0.25, 0.3) is 5.57 Å². The molecular weight excluding hydrogens is 336 g/mol. The smallest absolute Gasteiger partial charge is 0.278 e. The molecule has 2 aromatic carbocycles. The summed E-state index contributed by atoms with van der Waals surface area (Å²) in [6.45, 7) is 8.52. The number of rotatable bonds is 3. The highest BCUT2D eigenvalue weighted by atomic mass is 16.2. The van der Waals surface area contributed by atoms with E-state index in [1.807, 2.05) is 62.9 Å². The third-order valence-corrected chi connectivity index (χ3v) is 5.42. The van der Waals surface area contributed by atoms with Crippen molar-refractivity contribution < 1.29 is 9.59 Å². The third-order valence-electron chi connectivity index (χ3n) is 5.42. The predicted octanol–water partition coefficient (Wildman–Crippen LogP) is 3.85. The van der Waals surface area contributed by atoms with E-state index >= 15 is 0 Å². The molecule has 0 fully saturated rings. The van der Waals surface area contributed by atoms with Gasteiger partial charge in [0.2, 0.25) is 0 Å². The zero-order valence-corrected chi connectivity index (χ0v) is 16.2. The van der Waals surface area contributed by atoms with Crippen LogP contribution in [0.1, 0.15) is 36.1 Å². The first-order valence-corrected chi connectivity index (χ1v) is 9.45. The molecule has 4 rings (SSSR count). The number of anilines is 1. The first-order valence-electron chi connectivity index (χ1n) is 9.45. The molecule has 0 unspecified atom stereocenters. The maximum Gasteiger partial charge on any atom is 0.278 e. The van der Waals surface area contributed by atoms with E-state index in [4.69, 9.17) is 0 Å². The van der Waals surface area contributed by atoms with Crippen LogP contribution in [0.2, 0.25) is 0 Å². The van der Waals surface area contributed by atoms with Gasteiger partial charge >= 0.3 is 0 Å². The van der Waals surface area contributed by atoms with Gasteiger partial charge in [-0.05, 0) is 56.9 Å². The Bertz CT molecular complexity index is 988. The minimum absolute atomic E-state index is 0.180. The Balaban J connectivity index is 1.94. The second kappa shape index (κ2) is 6.38. The quantitative estimate of drug-likeness (QED) is 0.781. The fraction of sp³-hybridized carbons (Fsp3) is 0.304. The Hall–Kier alpha value is -2.88. The van der Waals surface area contributed by atoms with Gasteiger partial charge in [-0.1, -0.05) is 42.0 Å². The number of carbonyl (C=O) groups is 2. The molecule has 0 N–H and O–H groups in total. The summed E-state index contributed by atoms with van der Waals surface area (Å²) in [5, 5.41) is 0. The molecule has 0 aliphatic carbocycles. The van der Waals surface area contributed by atoms with Gasteiger partial charge in [0, 0.05) is 18.3 Å². The lowest BCUT2D eigenvalue weighted by Gasteiger charge is -2.23. The maximum atomic E-state index is 13.3. The van der Waals surface area contributed by atoms with E-state index in [1.54, 1.807) is 0 Å². The molecule has 0 atom stereocenters. The average Bonchev–Trinajstić information content (AvgIpc) is 3.13. The average molecular weight is 360 g/mol. The van der Waals surface area contributed by atoms with E-state index in [0.29, 0.717) is 17.8 Å². The molecule has 0 saturated carbocycles. The molecule has 27 heavy (non-hydrogen) atoms. The molecule has 4 nitrogen and oxygen atoms in total. The van der Waals surface area contributed by atoms with E-state index in [0.717, 1.165) is 28.8 Å². The fourth-order valence-electron chi connectivity index (χ4n) is 4.16.